The van der Waals surface area contributed by atoms with E-state index in [-0.39, 0.29) is 11.9 Å². The van der Waals surface area contributed by atoms with Crippen molar-refractivity contribution in [2.45, 2.75) is 19.8 Å². The van der Waals surface area contributed by atoms with Crippen molar-refractivity contribution in [1.82, 2.24) is 0 Å². The molecule has 0 heterocycles. The molecule has 0 aromatic heterocycles. The minimum absolute atomic E-state index is 0.0636. The van der Waals surface area contributed by atoms with Gasteiger partial charge < -0.3 is 17.2 Å². The first-order valence-electron chi connectivity index (χ1n) is 5.14. The standard InChI is InChI=1S/C11H17N5/c1-2-4-8-5-3-6-9(7-8)15-11(14)16-10(12)13/h3,5-7H,2,4H2,1H3,(H6,12,13,14,15,16). The highest BCUT2D eigenvalue weighted by Crippen LogP contribution is 2.15. The zero-order valence-corrected chi connectivity index (χ0v) is 9.35. The zero-order valence-electron chi connectivity index (χ0n) is 9.35. The van der Waals surface area contributed by atoms with Gasteiger partial charge in [0.25, 0.3) is 0 Å². The highest BCUT2D eigenvalue weighted by molar-refractivity contribution is 5.93. The summed E-state index contributed by atoms with van der Waals surface area (Å²) in [7, 11) is 0. The van der Waals surface area contributed by atoms with Crippen molar-refractivity contribution in [1.29, 1.82) is 0 Å². The van der Waals surface area contributed by atoms with Gasteiger partial charge in [0, 0.05) is 0 Å². The first-order chi connectivity index (χ1) is 7.61. The van der Waals surface area contributed by atoms with Gasteiger partial charge in [-0.3, -0.25) is 0 Å². The van der Waals surface area contributed by atoms with Crippen molar-refractivity contribution in [3.05, 3.63) is 29.8 Å². The number of benzene rings is 1. The van der Waals surface area contributed by atoms with Gasteiger partial charge in [0.05, 0.1) is 5.69 Å². The highest BCUT2D eigenvalue weighted by atomic mass is 15.1. The molecule has 0 radical (unpaired) electrons. The molecule has 0 spiro atoms. The largest absolute Gasteiger partial charge is 0.370 e. The number of hydrogen-bond donors (Lipinski definition) is 3. The Hall–Kier alpha value is -2.04. The number of rotatable bonds is 3. The lowest BCUT2D eigenvalue weighted by atomic mass is 10.1. The minimum Gasteiger partial charge on any atom is -0.370 e. The topological polar surface area (TPSA) is 103 Å². The Morgan fingerprint density at radius 1 is 1.25 bits per heavy atom. The zero-order chi connectivity index (χ0) is 12.0. The summed E-state index contributed by atoms with van der Waals surface area (Å²) in [5.41, 5.74) is 17.9. The van der Waals surface area contributed by atoms with Crippen molar-refractivity contribution >= 4 is 17.6 Å². The fourth-order valence-electron chi connectivity index (χ4n) is 1.36. The van der Waals surface area contributed by atoms with Gasteiger partial charge in [-0.1, -0.05) is 25.5 Å². The smallest absolute Gasteiger partial charge is 0.223 e. The fourth-order valence-corrected chi connectivity index (χ4v) is 1.36. The Labute approximate surface area is 95.1 Å². The van der Waals surface area contributed by atoms with Crippen LogP contribution in [-0.4, -0.2) is 11.9 Å². The number of nitrogens with zero attached hydrogens (tertiary/aromatic N) is 2. The number of nitrogens with two attached hydrogens (primary N) is 3. The van der Waals surface area contributed by atoms with Crippen LogP contribution in [0.15, 0.2) is 34.3 Å². The molecule has 5 nitrogen and oxygen atoms in total. The predicted octanol–water partition coefficient (Wildman–Crippen LogP) is 0.859. The molecule has 0 amide bonds. The van der Waals surface area contributed by atoms with E-state index in [4.69, 9.17) is 17.2 Å². The molecule has 0 aliphatic heterocycles. The van der Waals surface area contributed by atoms with Crippen molar-refractivity contribution < 1.29 is 0 Å². The molecular weight excluding hydrogens is 202 g/mol. The lowest BCUT2D eigenvalue weighted by Gasteiger charge is -2.00. The first-order valence-corrected chi connectivity index (χ1v) is 5.14. The summed E-state index contributed by atoms with van der Waals surface area (Å²) in [5, 5.41) is 0. The van der Waals surface area contributed by atoms with E-state index in [0.29, 0.717) is 0 Å². The molecule has 16 heavy (non-hydrogen) atoms. The van der Waals surface area contributed by atoms with E-state index in [1.807, 2.05) is 18.2 Å². The molecule has 6 N–H and O–H groups in total. The van der Waals surface area contributed by atoms with Crippen LogP contribution in [0.25, 0.3) is 0 Å². The summed E-state index contributed by atoms with van der Waals surface area (Å²) >= 11 is 0. The quantitative estimate of drug-likeness (QED) is 0.518. The number of aliphatic imine (C=N–C) groups is 2. The summed E-state index contributed by atoms with van der Waals surface area (Å²) in [6, 6.07) is 7.82. The maximum Gasteiger partial charge on any atom is 0.223 e. The lowest BCUT2D eigenvalue weighted by molar-refractivity contribution is 0.922. The second-order valence-electron chi connectivity index (χ2n) is 3.43. The molecule has 0 saturated carbocycles. The third kappa shape index (κ3) is 4.00. The summed E-state index contributed by atoms with van der Waals surface area (Å²) in [6.07, 6.45) is 2.11. The molecule has 0 saturated heterocycles. The Bertz CT molecular complexity index is 405. The summed E-state index contributed by atoms with van der Waals surface area (Å²) in [4.78, 5) is 7.74. The van der Waals surface area contributed by atoms with Crippen LogP contribution in [0, 0.1) is 0 Å². The molecule has 86 valence electrons. The van der Waals surface area contributed by atoms with Crippen LogP contribution in [0.1, 0.15) is 18.9 Å². The van der Waals surface area contributed by atoms with E-state index < -0.39 is 0 Å². The van der Waals surface area contributed by atoms with Crippen molar-refractivity contribution in [3.63, 3.8) is 0 Å². The molecule has 1 aromatic rings. The Kier molecular flexibility index (Phi) is 4.32. The SMILES string of the molecule is CCCc1cccc(N=C(N)N=C(N)N)c1. The van der Waals surface area contributed by atoms with Gasteiger partial charge in [-0.15, -0.1) is 0 Å². The third-order valence-corrected chi connectivity index (χ3v) is 1.94. The first kappa shape index (κ1) is 12.0. The van der Waals surface area contributed by atoms with Gasteiger partial charge in [0.2, 0.25) is 5.96 Å². The number of aryl methyl sites for hydroxylation is 1. The van der Waals surface area contributed by atoms with Crippen LogP contribution in [0.5, 0.6) is 0 Å². The fraction of sp³-hybridized carbons (Fsp3) is 0.273. The monoisotopic (exact) mass is 219 g/mol. The van der Waals surface area contributed by atoms with Gasteiger partial charge in [-0.25, -0.2) is 4.99 Å². The van der Waals surface area contributed by atoms with E-state index in [2.05, 4.69) is 23.0 Å². The average Bonchev–Trinajstić information content (AvgIpc) is 2.17. The number of hydrogen-bond acceptors (Lipinski definition) is 1. The maximum absolute atomic E-state index is 5.53. The van der Waals surface area contributed by atoms with Crippen LogP contribution < -0.4 is 17.2 Å². The third-order valence-electron chi connectivity index (χ3n) is 1.94. The Balaban J connectivity index is 2.88. The summed E-state index contributed by atoms with van der Waals surface area (Å²) < 4.78 is 0. The van der Waals surface area contributed by atoms with E-state index in [1.165, 1.54) is 5.56 Å². The second kappa shape index (κ2) is 5.75. The normalized spacial score (nSPS) is 11.2. The Morgan fingerprint density at radius 2 is 2.00 bits per heavy atom. The van der Waals surface area contributed by atoms with Gasteiger partial charge in [0.1, 0.15) is 0 Å². The van der Waals surface area contributed by atoms with E-state index in [9.17, 15) is 0 Å². The predicted molar refractivity (Wildman–Crippen MR) is 67.5 cm³/mol. The van der Waals surface area contributed by atoms with Gasteiger partial charge in [-0.2, -0.15) is 4.99 Å². The minimum atomic E-state index is -0.0917. The highest BCUT2D eigenvalue weighted by Gasteiger charge is 1.95. The maximum atomic E-state index is 5.53. The van der Waals surface area contributed by atoms with E-state index in [1.54, 1.807) is 0 Å². The molecule has 0 aliphatic rings. The van der Waals surface area contributed by atoms with Crippen molar-refractivity contribution in [2.75, 3.05) is 0 Å². The van der Waals surface area contributed by atoms with Crippen LogP contribution in [-0.2, 0) is 6.42 Å². The van der Waals surface area contributed by atoms with Crippen LogP contribution >= 0.6 is 0 Å². The summed E-state index contributed by atoms with van der Waals surface area (Å²) in [5.74, 6) is -0.0281. The molecule has 0 aliphatic carbocycles. The van der Waals surface area contributed by atoms with Gasteiger partial charge in [0.15, 0.2) is 5.96 Å². The number of guanidine groups is 2. The van der Waals surface area contributed by atoms with E-state index >= 15 is 0 Å². The van der Waals surface area contributed by atoms with Crippen molar-refractivity contribution in [2.24, 2.45) is 27.2 Å². The Morgan fingerprint density at radius 3 is 2.62 bits per heavy atom. The molecule has 1 rings (SSSR count). The average molecular weight is 219 g/mol. The second-order valence-corrected chi connectivity index (χ2v) is 3.43. The van der Waals surface area contributed by atoms with Gasteiger partial charge in [-0.05, 0) is 24.1 Å². The summed E-state index contributed by atoms with van der Waals surface area (Å²) in [6.45, 7) is 2.13. The molecule has 0 bridgehead atoms. The van der Waals surface area contributed by atoms with Crippen LogP contribution in [0.3, 0.4) is 0 Å². The van der Waals surface area contributed by atoms with E-state index in [0.717, 1.165) is 18.5 Å². The molecule has 0 unspecified atom stereocenters. The molecule has 5 heteroatoms. The molecule has 1 aromatic carbocycles. The van der Waals surface area contributed by atoms with Crippen molar-refractivity contribution in [3.8, 4) is 0 Å². The van der Waals surface area contributed by atoms with Crippen LogP contribution in [0.4, 0.5) is 5.69 Å². The van der Waals surface area contributed by atoms with Gasteiger partial charge >= 0.3 is 0 Å². The van der Waals surface area contributed by atoms with Crippen LogP contribution in [0.2, 0.25) is 0 Å². The molecule has 0 fully saturated rings. The molecule has 0 atom stereocenters. The lowest BCUT2D eigenvalue weighted by Crippen LogP contribution is -2.26. The molecular formula is C11H17N5.